The van der Waals surface area contributed by atoms with Crippen LogP contribution < -0.4 is 15.6 Å². The highest BCUT2D eigenvalue weighted by Crippen LogP contribution is 2.12. The number of rotatable bonds is 7. The largest absolute Gasteiger partial charge is 0.445 e. The maximum atomic E-state index is 7.10. The average molecular weight is 436 g/mol. The molecule has 0 aliphatic heterocycles. The molecule has 0 saturated heterocycles. The van der Waals surface area contributed by atoms with E-state index in [1.54, 1.807) is 0 Å². The monoisotopic (exact) mass is 435 g/mol. The van der Waals surface area contributed by atoms with E-state index in [-0.39, 0.29) is 0 Å². The van der Waals surface area contributed by atoms with Crippen LogP contribution in [0.1, 0.15) is 11.1 Å². The van der Waals surface area contributed by atoms with Gasteiger partial charge in [0.05, 0.1) is 0 Å². The van der Waals surface area contributed by atoms with Crippen LogP contribution in [-0.2, 0) is 4.12 Å². The maximum absolute atomic E-state index is 7.10. The van der Waals surface area contributed by atoms with Crippen molar-refractivity contribution in [3.63, 3.8) is 0 Å². The fourth-order valence-electron chi connectivity index (χ4n) is 3.61. The summed E-state index contributed by atoms with van der Waals surface area (Å²) in [6.07, 6.45) is 4.40. The Balaban J connectivity index is 1.74. The SMILES string of the molecule is C[Si](C)(O[Si](c1ccccc1)c1ccccc1C=Cc1ccccc1)c1ccccc1. The molecule has 0 bridgehead atoms. The summed E-state index contributed by atoms with van der Waals surface area (Å²) in [5.41, 5.74) is 2.42. The first-order valence-corrected chi connectivity index (χ1v) is 14.9. The Labute approximate surface area is 188 Å². The molecule has 4 aromatic rings. The number of hydrogen-bond acceptors (Lipinski definition) is 1. The molecule has 0 heterocycles. The van der Waals surface area contributed by atoms with Crippen molar-refractivity contribution in [2.45, 2.75) is 13.1 Å². The van der Waals surface area contributed by atoms with E-state index in [0.717, 1.165) is 0 Å². The van der Waals surface area contributed by atoms with E-state index in [4.69, 9.17) is 4.12 Å². The van der Waals surface area contributed by atoms with Crippen molar-refractivity contribution >= 4 is 45.1 Å². The molecule has 0 fully saturated rings. The van der Waals surface area contributed by atoms with Gasteiger partial charge in [0.15, 0.2) is 0 Å². The van der Waals surface area contributed by atoms with Gasteiger partial charge in [-0.15, -0.1) is 0 Å². The second kappa shape index (κ2) is 9.88. The molecule has 0 saturated carbocycles. The van der Waals surface area contributed by atoms with Crippen molar-refractivity contribution in [3.05, 3.63) is 126 Å². The predicted octanol–water partition coefficient (Wildman–Crippen LogP) is 5.09. The summed E-state index contributed by atoms with van der Waals surface area (Å²) in [5.74, 6) is 0. The number of hydrogen-bond donors (Lipinski definition) is 0. The fraction of sp³-hybridized carbons (Fsp3) is 0.0714. The molecular weight excluding hydrogens is 408 g/mol. The van der Waals surface area contributed by atoms with E-state index < -0.39 is 17.4 Å². The summed E-state index contributed by atoms with van der Waals surface area (Å²) in [5, 5.41) is 3.90. The van der Waals surface area contributed by atoms with Crippen LogP contribution in [0.25, 0.3) is 12.2 Å². The van der Waals surface area contributed by atoms with Gasteiger partial charge in [0.25, 0.3) is 9.04 Å². The Morgan fingerprint density at radius 1 is 0.613 bits per heavy atom. The third kappa shape index (κ3) is 5.39. The molecule has 1 nitrogen and oxygen atoms in total. The van der Waals surface area contributed by atoms with Gasteiger partial charge in [0, 0.05) is 0 Å². The summed E-state index contributed by atoms with van der Waals surface area (Å²) in [6, 6.07) is 40.5. The third-order valence-electron chi connectivity index (χ3n) is 5.32. The Kier molecular flexibility index (Phi) is 6.77. The van der Waals surface area contributed by atoms with Crippen LogP contribution in [0.4, 0.5) is 0 Å². The molecule has 31 heavy (non-hydrogen) atoms. The van der Waals surface area contributed by atoms with E-state index in [2.05, 4.69) is 134 Å². The van der Waals surface area contributed by atoms with Gasteiger partial charge in [0.2, 0.25) is 8.32 Å². The standard InChI is InChI=1S/C28H27OSi2/c1-31(2,27-19-10-5-11-20-27)29-30(26-17-8-4-9-18-26)28-21-13-12-16-25(28)23-22-24-14-6-3-7-15-24/h3-23H,1-2H3. The van der Waals surface area contributed by atoms with Crippen LogP contribution >= 0.6 is 0 Å². The van der Waals surface area contributed by atoms with Gasteiger partial charge in [-0.2, -0.15) is 0 Å². The van der Waals surface area contributed by atoms with Crippen molar-refractivity contribution in [1.29, 1.82) is 0 Å². The first-order chi connectivity index (χ1) is 15.1. The van der Waals surface area contributed by atoms with Gasteiger partial charge >= 0.3 is 0 Å². The highest BCUT2D eigenvalue weighted by molar-refractivity contribution is 6.94. The van der Waals surface area contributed by atoms with Crippen LogP contribution in [0.2, 0.25) is 13.1 Å². The highest BCUT2D eigenvalue weighted by atomic mass is 28.4. The first-order valence-electron chi connectivity index (χ1n) is 10.6. The summed E-state index contributed by atoms with van der Waals surface area (Å²) in [7, 11) is -3.52. The van der Waals surface area contributed by atoms with Crippen molar-refractivity contribution in [2.24, 2.45) is 0 Å². The second-order valence-electron chi connectivity index (χ2n) is 8.00. The lowest BCUT2D eigenvalue weighted by Crippen LogP contribution is -2.57. The minimum Gasteiger partial charge on any atom is -0.445 e. The lowest BCUT2D eigenvalue weighted by atomic mass is 10.1. The maximum Gasteiger partial charge on any atom is 0.272 e. The van der Waals surface area contributed by atoms with E-state index in [0.29, 0.717) is 0 Å². The molecule has 1 radical (unpaired) electrons. The van der Waals surface area contributed by atoms with E-state index in [1.807, 2.05) is 6.07 Å². The molecule has 153 valence electrons. The normalized spacial score (nSPS) is 11.8. The van der Waals surface area contributed by atoms with Crippen LogP contribution in [-0.4, -0.2) is 17.4 Å². The summed E-state index contributed by atoms with van der Waals surface area (Å²) in [6.45, 7) is 4.61. The van der Waals surface area contributed by atoms with Gasteiger partial charge in [-0.1, -0.05) is 127 Å². The van der Waals surface area contributed by atoms with Crippen molar-refractivity contribution in [1.82, 2.24) is 0 Å². The lowest BCUT2D eigenvalue weighted by Gasteiger charge is -2.30. The Bertz CT molecular complexity index is 1120. The molecule has 4 rings (SSSR count). The zero-order valence-electron chi connectivity index (χ0n) is 18.0. The average Bonchev–Trinajstić information content (AvgIpc) is 2.83. The molecule has 0 unspecified atom stereocenters. The molecule has 0 atom stereocenters. The predicted molar refractivity (Wildman–Crippen MR) is 138 cm³/mol. The van der Waals surface area contributed by atoms with E-state index in [9.17, 15) is 0 Å². The van der Waals surface area contributed by atoms with E-state index >= 15 is 0 Å². The molecule has 0 aromatic heterocycles. The Morgan fingerprint density at radius 2 is 1.16 bits per heavy atom. The molecular formula is C28H27OSi2. The molecule has 0 spiro atoms. The van der Waals surface area contributed by atoms with Crippen LogP contribution in [0, 0.1) is 0 Å². The molecule has 0 N–H and O–H groups in total. The first kappa shape index (κ1) is 21.3. The van der Waals surface area contributed by atoms with Gasteiger partial charge in [-0.25, -0.2) is 0 Å². The topological polar surface area (TPSA) is 9.23 Å². The minimum absolute atomic E-state index is 1.20. The zero-order chi connectivity index (χ0) is 21.5. The summed E-state index contributed by atoms with van der Waals surface area (Å²) in [4.78, 5) is 0. The van der Waals surface area contributed by atoms with Gasteiger partial charge in [-0.05, 0) is 39.8 Å². The van der Waals surface area contributed by atoms with Gasteiger partial charge in [0.1, 0.15) is 0 Å². The van der Waals surface area contributed by atoms with Crippen molar-refractivity contribution < 1.29 is 4.12 Å². The van der Waals surface area contributed by atoms with Crippen LogP contribution in [0.3, 0.4) is 0 Å². The minimum atomic E-state index is -2.10. The lowest BCUT2D eigenvalue weighted by molar-refractivity contribution is 0.602. The summed E-state index contributed by atoms with van der Waals surface area (Å²) < 4.78 is 7.10. The van der Waals surface area contributed by atoms with Crippen molar-refractivity contribution in [2.75, 3.05) is 0 Å². The molecule has 0 amide bonds. The smallest absolute Gasteiger partial charge is 0.272 e. The van der Waals surface area contributed by atoms with Crippen LogP contribution in [0.15, 0.2) is 115 Å². The quantitative estimate of drug-likeness (QED) is 0.290. The number of benzene rings is 4. The Hall–Kier alpha value is -2.99. The van der Waals surface area contributed by atoms with Crippen LogP contribution in [0.5, 0.6) is 0 Å². The Morgan fingerprint density at radius 3 is 1.84 bits per heavy atom. The highest BCUT2D eigenvalue weighted by Gasteiger charge is 2.32. The van der Waals surface area contributed by atoms with Gasteiger partial charge in [-0.3, -0.25) is 0 Å². The molecule has 0 aliphatic carbocycles. The fourth-order valence-corrected chi connectivity index (χ4v) is 9.51. The zero-order valence-corrected chi connectivity index (χ0v) is 20.0. The van der Waals surface area contributed by atoms with E-state index in [1.165, 1.54) is 26.7 Å². The van der Waals surface area contributed by atoms with Gasteiger partial charge < -0.3 is 4.12 Å². The summed E-state index contributed by atoms with van der Waals surface area (Å²) >= 11 is 0. The molecule has 3 heteroatoms. The second-order valence-corrected chi connectivity index (χ2v) is 14.2. The molecule has 4 aromatic carbocycles. The van der Waals surface area contributed by atoms with Crippen molar-refractivity contribution in [3.8, 4) is 0 Å². The third-order valence-corrected chi connectivity index (χ3v) is 11.7. The molecule has 0 aliphatic rings.